The second kappa shape index (κ2) is 6.29. The van der Waals surface area contributed by atoms with Crippen LogP contribution in [0.5, 0.6) is 0 Å². The summed E-state index contributed by atoms with van der Waals surface area (Å²) in [5.41, 5.74) is 5.03. The molecule has 2 heteroatoms. The minimum atomic E-state index is 0.104. The van der Waals surface area contributed by atoms with Crippen LogP contribution >= 0.6 is 0 Å². The fourth-order valence-corrected chi connectivity index (χ4v) is 2.89. The van der Waals surface area contributed by atoms with Crippen LogP contribution in [0.4, 0.5) is 0 Å². The molecule has 1 aliphatic rings. The number of aryl methyl sites for hydroxylation is 2. The maximum absolute atomic E-state index is 12.6. The third-order valence-corrected chi connectivity index (χ3v) is 4.14. The molecule has 1 heterocycles. The van der Waals surface area contributed by atoms with E-state index < -0.39 is 0 Å². The Morgan fingerprint density at radius 3 is 2.32 bits per heavy atom. The third-order valence-electron chi connectivity index (χ3n) is 4.14. The zero-order chi connectivity index (χ0) is 15.5. The van der Waals surface area contributed by atoms with Gasteiger partial charge in [0.2, 0.25) is 0 Å². The molecule has 0 fully saturated rings. The molecule has 0 N–H and O–H groups in total. The Morgan fingerprint density at radius 1 is 1.00 bits per heavy atom. The molecule has 0 radical (unpaired) electrons. The largest absolute Gasteiger partial charge is 0.292 e. The van der Waals surface area contributed by atoms with Crippen LogP contribution in [0.2, 0.25) is 0 Å². The Balaban J connectivity index is 1.75. The highest BCUT2D eigenvalue weighted by atomic mass is 16.1. The topological polar surface area (TPSA) is 20.3 Å². The normalized spacial score (nSPS) is 14.5. The van der Waals surface area contributed by atoms with Gasteiger partial charge in [-0.25, -0.2) is 0 Å². The average molecular weight is 291 g/mol. The Kier molecular flexibility index (Phi) is 4.21. The molecule has 0 amide bonds. The number of carbonyl (C=O) groups is 1. The van der Waals surface area contributed by atoms with Crippen LogP contribution in [0.1, 0.15) is 32.6 Å². The predicted molar refractivity (Wildman–Crippen MR) is 90.2 cm³/mol. The van der Waals surface area contributed by atoms with Crippen molar-refractivity contribution in [3.8, 4) is 0 Å². The lowest BCUT2D eigenvalue weighted by Crippen LogP contribution is -2.19. The number of hydrogen-bond donors (Lipinski definition) is 0. The highest BCUT2D eigenvalue weighted by Crippen LogP contribution is 2.17. The molecule has 2 nitrogen and oxygen atoms in total. The number of ketones is 1. The molecule has 22 heavy (non-hydrogen) atoms. The van der Waals surface area contributed by atoms with Gasteiger partial charge in [0.05, 0.1) is 0 Å². The van der Waals surface area contributed by atoms with Crippen molar-refractivity contribution in [3.63, 3.8) is 0 Å². The van der Waals surface area contributed by atoms with Gasteiger partial charge in [-0.2, -0.15) is 0 Å². The number of nitrogens with zero attached hydrogens (tertiary/aromatic N) is 1. The molecule has 0 bridgehead atoms. The van der Waals surface area contributed by atoms with Gasteiger partial charge in [-0.3, -0.25) is 9.69 Å². The van der Waals surface area contributed by atoms with Gasteiger partial charge in [0.25, 0.3) is 0 Å². The molecule has 112 valence electrons. The minimum absolute atomic E-state index is 0.104. The predicted octanol–water partition coefficient (Wildman–Crippen LogP) is 3.91. The van der Waals surface area contributed by atoms with Crippen molar-refractivity contribution >= 4 is 5.78 Å². The highest BCUT2D eigenvalue weighted by Gasteiger charge is 2.12. The lowest BCUT2D eigenvalue weighted by Gasteiger charge is -2.14. The van der Waals surface area contributed by atoms with Gasteiger partial charge in [-0.15, -0.1) is 0 Å². The van der Waals surface area contributed by atoms with Crippen LogP contribution in [0, 0.1) is 13.8 Å². The summed E-state index contributed by atoms with van der Waals surface area (Å²) in [4.78, 5) is 15.0. The van der Waals surface area contributed by atoms with Crippen LogP contribution in [0.15, 0.2) is 54.6 Å². The molecule has 0 aliphatic carbocycles. The summed E-state index contributed by atoms with van der Waals surface area (Å²) >= 11 is 0. The maximum atomic E-state index is 12.6. The smallest absolute Gasteiger partial charge is 0.193 e. The maximum Gasteiger partial charge on any atom is 0.193 e. The van der Waals surface area contributed by atoms with E-state index in [-0.39, 0.29) is 5.78 Å². The minimum Gasteiger partial charge on any atom is -0.292 e. The van der Waals surface area contributed by atoms with Crippen molar-refractivity contribution < 1.29 is 4.79 Å². The van der Waals surface area contributed by atoms with Crippen molar-refractivity contribution in [3.05, 3.63) is 82.4 Å². The Labute approximate surface area is 132 Å². The highest BCUT2D eigenvalue weighted by molar-refractivity contribution is 6.09. The molecular weight excluding hydrogens is 270 g/mol. The summed E-state index contributed by atoms with van der Waals surface area (Å²) in [6.45, 7) is 7.01. The first-order chi connectivity index (χ1) is 10.6. The van der Waals surface area contributed by atoms with E-state index in [1.165, 1.54) is 11.1 Å². The van der Waals surface area contributed by atoms with Gasteiger partial charge in [0.1, 0.15) is 0 Å². The second-order valence-corrected chi connectivity index (χ2v) is 6.01. The van der Waals surface area contributed by atoms with E-state index in [1.54, 1.807) is 0 Å². The molecule has 2 aromatic rings. The SMILES string of the molecule is Cc1ccc(C(=O)c2ccc(CN3CC=CC3)cc2)c(C)c1. The molecular formula is C20H21NO. The Morgan fingerprint density at radius 2 is 1.68 bits per heavy atom. The lowest BCUT2D eigenvalue weighted by atomic mass is 9.97. The van der Waals surface area contributed by atoms with Gasteiger partial charge in [0.15, 0.2) is 5.78 Å². The molecule has 1 aliphatic heterocycles. The summed E-state index contributed by atoms with van der Waals surface area (Å²) in [6, 6.07) is 14.0. The van der Waals surface area contributed by atoms with Gasteiger partial charge >= 0.3 is 0 Å². The summed E-state index contributed by atoms with van der Waals surface area (Å²) in [7, 11) is 0. The van der Waals surface area contributed by atoms with E-state index >= 15 is 0 Å². The number of benzene rings is 2. The van der Waals surface area contributed by atoms with E-state index in [0.717, 1.165) is 36.3 Å². The van der Waals surface area contributed by atoms with Crippen LogP contribution in [0.25, 0.3) is 0 Å². The molecule has 0 spiro atoms. The quantitative estimate of drug-likeness (QED) is 0.629. The van der Waals surface area contributed by atoms with E-state index in [2.05, 4.69) is 35.3 Å². The average Bonchev–Trinajstić information content (AvgIpc) is 3.00. The van der Waals surface area contributed by atoms with E-state index in [9.17, 15) is 4.79 Å². The standard InChI is InChI=1S/C20H21NO/c1-15-5-10-19(16(2)13-15)20(22)18-8-6-17(7-9-18)14-21-11-3-4-12-21/h3-10,13H,11-12,14H2,1-2H3. The zero-order valence-corrected chi connectivity index (χ0v) is 13.2. The van der Waals surface area contributed by atoms with Crippen molar-refractivity contribution in [2.45, 2.75) is 20.4 Å². The molecule has 2 aromatic carbocycles. The summed E-state index contributed by atoms with van der Waals surface area (Å²) in [5, 5.41) is 0. The monoisotopic (exact) mass is 291 g/mol. The van der Waals surface area contributed by atoms with Gasteiger partial charge in [0, 0.05) is 30.8 Å². The second-order valence-electron chi connectivity index (χ2n) is 6.01. The van der Waals surface area contributed by atoms with E-state index in [4.69, 9.17) is 0 Å². The first kappa shape index (κ1) is 14.7. The van der Waals surface area contributed by atoms with Crippen molar-refractivity contribution in [2.75, 3.05) is 13.1 Å². The summed E-state index contributed by atoms with van der Waals surface area (Å²) in [5.74, 6) is 0.104. The van der Waals surface area contributed by atoms with Crippen molar-refractivity contribution in [2.24, 2.45) is 0 Å². The van der Waals surface area contributed by atoms with Gasteiger partial charge in [-0.05, 0) is 25.0 Å². The lowest BCUT2D eigenvalue weighted by molar-refractivity contribution is 0.103. The van der Waals surface area contributed by atoms with Crippen molar-refractivity contribution in [1.82, 2.24) is 4.90 Å². The molecule has 0 aromatic heterocycles. The van der Waals surface area contributed by atoms with Crippen LogP contribution < -0.4 is 0 Å². The van der Waals surface area contributed by atoms with Crippen LogP contribution in [0.3, 0.4) is 0 Å². The Bertz CT molecular complexity index is 705. The molecule has 0 saturated carbocycles. The van der Waals surface area contributed by atoms with Crippen LogP contribution in [-0.4, -0.2) is 23.8 Å². The summed E-state index contributed by atoms with van der Waals surface area (Å²) in [6.07, 6.45) is 4.39. The zero-order valence-electron chi connectivity index (χ0n) is 13.2. The van der Waals surface area contributed by atoms with Gasteiger partial charge in [-0.1, -0.05) is 60.2 Å². The number of rotatable bonds is 4. The van der Waals surface area contributed by atoms with E-state index in [0.29, 0.717) is 0 Å². The number of carbonyl (C=O) groups excluding carboxylic acids is 1. The first-order valence-corrected chi connectivity index (χ1v) is 7.72. The summed E-state index contributed by atoms with van der Waals surface area (Å²) < 4.78 is 0. The molecule has 3 rings (SSSR count). The first-order valence-electron chi connectivity index (χ1n) is 7.72. The third kappa shape index (κ3) is 3.18. The molecule has 0 saturated heterocycles. The fraction of sp³-hybridized carbons (Fsp3) is 0.250. The number of hydrogen-bond acceptors (Lipinski definition) is 2. The Hall–Kier alpha value is -2.19. The fourth-order valence-electron chi connectivity index (χ4n) is 2.89. The van der Waals surface area contributed by atoms with E-state index in [1.807, 2.05) is 38.1 Å². The molecule has 0 atom stereocenters. The van der Waals surface area contributed by atoms with Crippen molar-refractivity contribution in [1.29, 1.82) is 0 Å². The van der Waals surface area contributed by atoms with Gasteiger partial charge < -0.3 is 0 Å². The van der Waals surface area contributed by atoms with Crippen LogP contribution in [-0.2, 0) is 6.54 Å². The molecule has 0 unspecified atom stereocenters.